The summed E-state index contributed by atoms with van der Waals surface area (Å²) >= 11 is 0. The summed E-state index contributed by atoms with van der Waals surface area (Å²) < 4.78 is 27.7. The normalized spacial score (nSPS) is 21.1. The van der Waals surface area contributed by atoms with Crippen LogP contribution in [-0.4, -0.2) is 46.4 Å². The summed E-state index contributed by atoms with van der Waals surface area (Å²) in [6.45, 7) is 1.62. The zero-order valence-electron chi connectivity index (χ0n) is 20.8. The van der Waals surface area contributed by atoms with Crippen LogP contribution in [0.4, 0.5) is 8.78 Å². The number of aliphatic hydroxyl groups is 1. The van der Waals surface area contributed by atoms with Crippen molar-refractivity contribution in [1.82, 2.24) is 10.2 Å². The highest BCUT2D eigenvalue weighted by atomic mass is 19.1. The van der Waals surface area contributed by atoms with E-state index in [1.165, 1.54) is 6.92 Å². The molecule has 4 N–H and O–H groups in total. The SMILES string of the molecule is C[C@H](N)C(=O)N(C(=O)[C@H](O)c1cc(F)cc(F)c1)[C@@H]1C(=O)NC[C@H](c2ccccc2)C[C@@H]1c1ccccc1. The average Bonchev–Trinajstić information content (AvgIpc) is 3.08. The number of nitrogens with zero attached hydrogens (tertiary/aromatic N) is 1. The lowest BCUT2D eigenvalue weighted by Gasteiger charge is -2.36. The predicted octanol–water partition coefficient (Wildman–Crippen LogP) is 3.16. The Kier molecular flexibility index (Phi) is 8.29. The van der Waals surface area contributed by atoms with Crippen LogP contribution in [0.2, 0.25) is 0 Å². The molecule has 1 heterocycles. The minimum atomic E-state index is -2.11. The van der Waals surface area contributed by atoms with E-state index in [-0.39, 0.29) is 18.0 Å². The first kappa shape index (κ1) is 27.1. The minimum Gasteiger partial charge on any atom is -0.378 e. The highest BCUT2D eigenvalue weighted by molar-refractivity contribution is 6.04. The van der Waals surface area contributed by atoms with Gasteiger partial charge in [0.1, 0.15) is 17.7 Å². The van der Waals surface area contributed by atoms with Gasteiger partial charge >= 0.3 is 0 Å². The number of hydrogen-bond acceptors (Lipinski definition) is 5. The van der Waals surface area contributed by atoms with Gasteiger partial charge in [0.25, 0.3) is 5.91 Å². The Bertz CT molecular complexity index is 1280. The Morgan fingerprint density at radius 3 is 2.05 bits per heavy atom. The predicted molar refractivity (Wildman–Crippen MR) is 137 cm³/mol. The molecule has 5 atom stereocenters. The van der Waals surface area contributed by atoms with Gasteiger partial charge in [0.15, 0.2) is 6.10 Å². The van der Waals surface area contributed by atoms with Crippen molar-refractivity contribution in [3.05, 3.63) is 107 Å². The van der Waals surface area contributed by atoms with Gasteiger partial charge in [-0.05, 0) is 42.2 Å². The lowest BCUT2D eigenvalue weighted by atomic mass is 9.81. The zero-order valence-corrected chi connectivity index (χ0v) is 20.8. The molecule has 9 heteroatoms. The number of carbonyl (C=O) groups is 3. The third kappa shape index (κ3) is 5.79. The monoisotopic (exact) mass is 521 g/mol. The number of rotatable bonds is 6. The van der Waals surface area contributed by atoms with E-state index in [0.29, 0.717) is 23.0 Å². The van der Waals surface area contributed by atoms with Crippen LogP contribution in [0.3, 0.4) is 0 Å². The summed E-state index contributed by atoms with van der Waals surface area (Å²) in [5.74, 6) is -5.50. The number of aliphatic hydroxyl groups excluding tert-OH is 1. The molecular weight excluding hydrogens is 492 g/mol. The second kappa shape index (κ2) is 11.6. The summed E-state index contributed by atoms with van der Waals surface area (Å²) in [5.41, 5.74) is 7.17. The fraction of sp³-hybridized carbons (Fsp3) is 0.276. The summed E-state index contributed by atoms with van der Waals surface area (Å²) in [7, 11) is 0. The first-order valence-corrected chi connectivity index (χ1v) is 12.3. The van der Waals surface area contributed by atoms with Gasteiger partial charge in [-0.3, -0.25) is 19.3 Å². The number of benzene rings is 3. The summed E-state index contributed by atoms with van der Waals surface area (Å²) in [6, 6.07) is 18.2. The zero-order chi connectivity index (χ0) is 27.4. The molecule has 0 aromatic heterocycles. The quantitative estimate of drug-likeness (QED) is 0.461. The van der Waals surface area contributed by atoms with Gasteiger partial charge < -0.3 is 16.2 Å². The van der Waals surface area contributed by atoms with E-state index in [9.17, 15) is 28.3 Å². The van der Waals surface area contributed by atoms with Gasteiger partial charge in [-0.2, -0.15) is 0 Å². The molecule has 4 rings (SSSR count). The molecular formula is C29H29F2N3O4. The van der Waals surface area contributed by atoms with Crippen molar-refractivity contribution in [2.45, 2.75) is 43.4 Å². The average molecular weight is 522 g/mol. The Balaban J connectivity index is 1.81. The molecule has 3 aromatic carbocycles. The van der Waals surface area contributed by atoms with Crippen molar-refractivity contribution in [2.24, 2.45) is 5.73 Å². The van der Waals surface area contributed by atoms with Crippen molar-refractivity contribution in [3.8, 4) is 0 Å². The van der Waals surface area contributed by atoms with E-state index in [1.54, 1.807) is 24.3 Å². The molecule has 1 aliphatic heterocycles. The molecule has 0 radical (unpaired) electrons. The molecule has 0 unspecified atom stereocenters. The first-order valence-electron chi connectivity index (χ1n) is 12.3. The number of imide groups is 1. The highest BCUT2D eigenvalue weighted by Gasteiger charge is 2.46. The number of amides is 3. The van der Waals surface area contributed by atoms with Gasteiger partial charge in [0, 0.05) is 24.4 Å². The number of hydrogen-bond donors (Lipinski definition) is 3. The maximum Gasteiger partial charge on any atom is 0.263 e. The smallest absolute Gasteiger partial charge is 0.263 e. The van der Waals surface area contributed by atoms with Gasteiger partial charge in [0.05, 0.1) is 6.04 Å². The van der Waals surface area contributed by atoms with Crippen LogP contribution in [0.15, 0.2) is 78.9 Å². The van der Waals surface area contributed by atoms with Crippen LogP contribution in [0, 0.1) is 11.6 Å². The van der Waals surface area contributed by atoms with Gasteiger partial charge in [-0.15, -0.1) is 0 Å². The second-order valence-corrected chi connectivity index (χ2v) is 9.49. The first-order chi connectivity index (χ1) is 18.2. The summed E-state index contributed by atoms with van der Waals surface area (Å²) in [5, 5.41) is 13.7. The minimum absolute atomic E-state index is 0.139. The molecule has 1 fully saturated rings. The molecule has 1 aliphatic rings. The van der Waals surface area contributed by atoms with Crippen molar-refractivity contribution in [3.63, 3.8) is 0 Å². The standard InChI is InChI=1S/C29H29F2N3O4/c1-17(32)28(37)34(29(38)26(35)20-12-22(30)15-23(31)13-20)25-24(19-10-6-3-7-11-19)14-21(16-33-27(25)36)18-8-4-2-5-9-18/h2-13,15,17,21,24-26,35H,14,16,32H2,1H3,(H,33,36)/t17-,21+,24+,25-,26+/m0/s1. The summed E-state index contributed by atoms with van der Waals surface area (Å²) in [4.78, 5) is 41.3. The third-order valence-corrected chi connectivity index (χ3v) is 6.79. The van der Waals surface area contributed by atoms with E-state index >= 15 is 0 Å². The molecule has 7 nitrogen and oxygen atoms in total. The van der Waals surface area contributed by atoms with E-state index < -0.39 is 53.5 Å². The molecule has 0 aliphatic carbocycles. The van der Waals surface area contributed by atoms with E-state index in [1.807, 2.05) is 36.4 Å². The van der Waals surface area contributed by atoms with E-state index in [2.05, 4.69) is 5.32 Å². The third-order valence-electron chi connectivity index (χ3n) is 6.79. The van der Waals surface area contributed by atoms with E-state index in [4.69, 9.17) is 5.73 Å². The van der Waals surface area contributed by atoms with Crippen molar-refractivity contribution in [1.29, 1.82) is 0 Å². The molecule has 0 bridgehead atoms. The number of nitrogens with two attached hydrogens (primary N) is 1. The van der Waals surface area contributed by atoms with Crippen molar-refractivity contribution in [2.75, 3.05) is 6.54 Å². The lowest BCUT2D eigenvalue weighted by molar-refractivity contribution is -0.158. The Hall–Kier alpha value is -3.95. The second-order valence-electron chi connectivity index (χ2n) is 9.49. The van der Waals surface area contributed by atoms with Gasteiger partial charge in [-0.25, -0.2) is 8.78 Å². The van der Waals surface area contributed by atoms with Crippen LogP contribution >= 0.6 is 0 Å². The maximum atomic E-state index is 13.9. The van der Waals surface area contributed by atoms with Crippen molar-refractivity contribution >= 4 is 17.7 Å². The summed E-state index contributed by atoms with van der Waals surface area (Å²) in [6.07, 6.45) is -1.72. The van der Waals surface area contributed by atoms with Gasteiger partial charge in [-0.1, -0.05) is 60.7 Å². The highest BCUT2D eigenvalue weighted by Crippen LogP contribution is 2.37. The molecule has 198 valence electrons. The molecule has 3 aromatic rings. The van der Waals surface area contributed by atoms with Gasteiger partial charge in [0.2, 0.25) is 11.8 Å². The number of halogens is 2. The Morgan fingerprint density at radius 1 is 0.947 bits per heavy atom. The molecule has 3 amide bonds. The topological polar surface area (TPSA) is 113 Å². The number of nitrogens with one attached hydrogen (secondary N) is 1. The van der Waals surface area contributed by atoms with Crippen LogP contribution in [-0.2, 0) is 14.4 Å². The molecule has 0 saturated carbocycles. The number of carbonyl (C=O) groups excluding carboxylic acids is 3. The Labute approximate surface area is 219 Å². The van der Waals surface area contributed by atoms with Crippen LogP contribution < -0.4 is 11.1 Å². The van der Waals surface area contributed by atoms with Crippen LogP contribution in [0.1, 0.15) is 48.0 Å². The molecule has 1 saturated heterocycles. The molecule has 38 heavy (non-hydrogen) atoms. The lowest BCUT2D eigenvalue weighted by Crippen LogP contribution is -2.58. The van der Waals surface area contributed by atoms with Crippen molar-refractivity contribution < 1.29 is 28.3 Å². The fourth-order valence-corrected chi connectivity index (χ4v) is 4.93. The van der Waals surface area contributed by atoms with Crippen LogP contribution in [0.5, 0.6) is 0 Å². The Morgan fingerprint density at radius 2 is 1.50 bits per heavy atom. The van der Waals surface area contributed by atoms with Crippen LogP contribution in [0.25, 0.3) is 0 Å². The molecule has 0 spiro atoms. The van der Waals surface area contributed by atoms with E-state index in [0.717, 1.165) is 17.7 Å². The maximum absolute atomic E-state index is 13.9. The fourth-order valence-electron chi connectivity index (χ4n) is 4.93. The largest absolute Gasteiger partial charge is 0.378 e.